The highest BCUT2D eigenvalue weighted by molar-refractivity contribution is 5.94. The van der Waals surface area contributed by atoms with Gasteiger partial charge < -0.3 is 19.5 Å². The Balaban J connectivity index is 2.00. The highest BCUT2D eigenvalue weighted by atomic mass is 16.5. The molecule has 0 saturated heterocycles. The number of amides is 1. The highest BCUT2D eigenvalue weighted by Crippen LogP contribution is 2.25. The molecule has 1 N–H and O–H groups in total. The van der Waals surface area contributed by atoms with Crippen molar-refractivity contribution in [3.05, 3.63) is 60.2 Å². The number of hydrogen-bond donors (Lipinski definition) is 1. The van der Waals surface area contributed by atoms with Gasteiger partial charge in [0.25, 0.3) is 5.91 Å². The summed E-state index contributed by atoms with van der Waals surface area (Å²) in [7, 11) is 1.26. The first-order chi connectivity index (χ1) is 14.0. The summed E-state index contributed by atoms with van der Waals surface area (Å²) in [4.78, 5) is 36.5. The minimum atomic E-state index is -0.801. The molecule has 0 heterocycles. The van der Waals surface area contributed by atoms with E-state index in [1.54, 1.807) is 36.4 Å². The molecule has 7 heteroatoms. The lowest BCUT2D eigenvalue weighted by Gasteiger charge is -2.21. The number of benzene rings is 2. The van der Waals surface area contributed by atoms with Crippen LogP contribution in [0.5, 0.6) is 11.5 Å². The minimum Gasteiger partial charge on any atom is -0.467 e. The van der Waals surface area contributed by atoms with Gasteiger partial charge in [-0.15, -0.1) is 0 Å². The van der Waals surface area contributed by atoms with Crippen LogP contribution < -0.4 is 10.1 Å². The zero-order chi connectivity index (χ0) is 21.2. The fourth-order valence-corrected chi connectivity index (χ4v) is 2.56. The number of ether oxygens (including phenoxy) is 3. The molecule has 2 atom stereocenters. The SMILES string of the molecule is CC[C@H](C)[C@H](NC(=O)COC(=O)c1ccccc1Oc1ccccc1)C(=O)OC. The van der Waals surface area contributed by atoms with Crippen molar-refractivity contribution in [3.8, 4) is 11.5 Å². The van der Waals surface area contributed by atoms with E-state index in [9.17, 15) is 14.4 Å². The van der Waals surface area contributed by atoms with Gasteiger partial charge in [-0.05, 0) is 30.2 Å². The predicted molar refractivity (Wildman–Crippen MR) is 107 cm³/mol. The van der Waals surface area contributed by atoms with Crippen LogP contribution in [0.4, 0.5) is 0 Å². The molecule has 1 amide bonds. The lowest BCUT2D eigenvalue weighted by Crippen LogP contribution is -2.47. The zero-order valence-electron chi connectivity index (χ0n) is 16.7. The first-order valence-corrected chi connectivity index (χ1v) is 9.32. The van der Waals surface area contributed by atoms with E-state index in [0.717, 1.165) is 0 Å². The van der Waals surface area contributed by atoms with Crippen molar-refractivity contribution < 1.29 is 28.6 Å². The van der Waals surface area contributed by atoms with Gasteiger partial charge >= 0.3 is 11.9 Å². The lowest BCUT2D eigenvalue weighted by molar-refractivity contribution is -0.147. The zero-order valence-corrected chi connectivity index (χ0v) is 16.7. The summed E-state index contributed by atoms with van der Waals surface area (Å²) >= 11 is 0. The normalized spacial score (nSPS) is 12.4. The van der Waals surface area contributed by atoms with Crippen molar-refractivity contribution in [2.45, 2.75) is 26.3 Å². The van der Waals surface area contributed by atoms with Crippen molar-refractivity contribution in [1.82, 2.24) is 5.32 Å². The standard InChI is InChI=1S/C22H25NO6/c1-4-15(2)20(22(26)27-3)23-19(24)14-28-21(25)17-12-8-9-13-18(17)29-16-10-6-5-7-11-16/h5-13,15,20H,4,14H2,1-3H3,(H,23,24)/t15-,20-/m0/s1. The predicted octanol–water partition coefficient (Wildman–Crippen LogP) is 3.34. The molecule has 0 saturated carbocycles. The number of carbonyl (C=O) groups is 3. The van der Waals surface area contributed by atoms with Crippen LogP contribution in [0.2, 0.25) is 0 Å². The van der Waals surface area contributed by atoms with Gasteiger partial charge in [0.1, 0.15) is 23.1 Å². The molecule has 0 fully saturated rings. The fourth-order valence-electron chi connectivity index (χ4n) is 2.56. The highest BCUT2D eigenvalue weighted by Gasteiger charge is 2.27. The molecule has 0 unspecified atom stereocenters. The Labute approximate surface area is 170 Å². The summed E-state index contributed by atoms with van der Waals surface area (Å²) in [6, 6.07) is 14.8. The van der Waals surface area contributed by atoms with Gasteiger partial charge in [-0.25, -0.2) is 9.59 Å². The number of esters is 2. The molecule has 0 bridgehead atoms. The van der Waals surface area contributed by atoms with E-state index < -0.39 is 30.5 Å². The van der Waals surface area contributed by atoms with Crippen molar-refractivity contribution in [1.29, 1.82) is 0 Å². The van der Waals surface area contributed by atoms with Gasteiger partial charge in [-0.2, -0.15) is 0 Å². The Hall–Kier alpha value is -3.35. The van der Waals surface area contributed by atoms with Gasteiger partial charge in [-0.3, -0.25) is 4.79 Å². The molecular formula is C22H25NO6. The molecule has 0 aliphatic rings. The monoisotopic (exact) mass is 399 g/mol. The fraction of sp³-hybridized carbons (Fsp3) is 0.318. The van der Waals surface area contributed by atoms with Crippen LogP contribution in [0, 0.1) is 5.92 Å². The molecule has 2 aromatic carbocycles. The van der Waals surface area contributed by atoms with E-state index in [-0.39, 0.29) is 11.5 Å². The van der Waals surface area contributed by atoms with Crippen LogP contribution >= 0.6 is 0 Å². The Bertz CT molecular complexity index is 836. The molecule has 0 aromatic heterocycles. The summed E-state index contributed by atoms with van der Waals surface area (Å²) in [5.41, 5.74) is 0.190. The van der Waals surface area contributed by atoms with Gasteiger partial charge in [0.2, 0.25) is 0 Å². The number of rotatable bonds is 9. The Kier molecular flexibility index (Phi) is 8.21. The number of carbonyl (C=O) groups excluding carboxylic acids is 3. The summed E-state index contributed by atoms with van der Waals surface area (Å²) in [5.74, 6) is -1.07. The maximum Gasteiger partial charge on any atom is 0.342 e. The van der Waals surface area contributed by atoms with E-state index in [1.165, 1.54) is 7.11 Å². The van der Waals surface area contributed by atoms with E-state index in [2.05, 4.69) is 5.32 Å². The Morgan fingerprint density at radius 3 is 2.31 bits per heavy atom. The average molecular weight is 399 g/mol. The van der Waals surface area contributed by atoms with Crippen LogP contribution in [0.1, 0.15) is 30.6 Å². The molecular weight excluding hydrogens is 374 g/mol. The van der Waals surface area contributed by atoms with Crippen LogP contribution in [-0.2, 0) is 19.1 Å². The van der Waals surface area contributed by atoms with Crippen molar-refractivity contribution >= 4 is 17.8 Å². The molecule has 0 aliphatic heterocycles. The quantitative estimate of drug-likeness (QED) is 0.651. The molecule has 2 rings (SSSR count). The first kappa shape index (κ1) is 21.9. The second-order valence-corrected chi connectivity index (χ2v) is 6.44. The van der Waals surface area contributed by atoms with E-state index >= 15 is 0 Å². The third kappa shape index (κ3) is 6.34. The van der Waals surface area contributed by atoms with E-state index in [1.807, 2.05) is 32.0 Å². The van der Waals surface area contributed by atoms with Gasteiger partial charge in [0.15, 0.2) is 6.61 Å². The minimum absolute atomic E-state index is 0.123. The van der Waals surface area contributed by atoms with Gasteiger partial charge in [0.05, 0.1) is 7.11 Å². The Morgan fingerprint density at radius 2 is 1.66 bits per heavy atom. The second-order valence-electron chi connectivity index (χ2n) is 6.44. The van der Waals surface area contributed by atoms with Crippen molar-refractivity contribution in [2.75, 3.05) is 13.7 Å². The summed E-state index contributed by atoms with van der Waals surface area (Å²) in [6.07, 6.45) is 0.671. The molecule has 0 radical (unpaired) electrons. The Morgan fingerprint density at radius 1 is 1.00 bits per heavy atom. The second kappa shape index (κ2) is 10.8. The maximum absolute atomic E-state index is 12.5. The molecule has 29 heavy (non-hydrogen) atoms. The molecule has 7 nitrogen and oxygen atoms in total. The molecule has 0 spiro atoms. The number of nitrogens with one attached hydrogen (secondary N) is 1. The molecule has 2 aromatic rings. The van der Waals surface area contributed by atoms with Crippen LogP contribution in [0.25, 0.3) is 0 Å². The summed E-state index contributed by atoms with van der Waals surface area (Å²) in [5, 5.41) is 2.56. The third-order valence-corrected chi connectivity index (χ3v) is 4.40. The van der Waals surface area contributed by atoms with Gasteiger partial charge in [0, 0.05) is 0 Å². The largest absolute Gasteiger partial charge is 0.467 e. The average Bonchev–Trinajstić information content (AvgIpc) is 2.75. The smallest absolute Gasteiger partial charge is 0.342 e. The molecule has 154 valence electrons. The van der Waals surface area contributed by atoms with Gasteiger partial charge in [-0.1, -0.05) is 50.6 Å². The maximum atomic E-state index is 12.5. The number of methoxy groups -OCH3 is 1. The van der Waals surface area contributed by atoms with Crippen LogP contribution in [0.15, 0.2) is 54.6 Å². The number of hydrogen-bond acceptors (Lipinski definition) is 6. The topological polar surface area (TPSA) is 90.9 Å². The number of para-hydroxylation sites is 2. The summed E-state index contributed by atoms with van der Waals surface area (Å²) in [6.45, 7) is 3.20. The van der Waals surface area contributed by atoms with E-state index in [0.29, 0.717) is 17.9 Å². The molecule has 0 aliphatic carbocycles. The van der Waals surface area contributed by atoms with E-state index in [4.69, 9.17) is 14.2 Å². The first-order valence-electron chi connectivity index (χ1n) is 9.32. The third-order valence-electron chi connectivity index (χ3n) is 4.40. The van der Waals surface area contributed by atoms with Crippen LogP contribution in [0.3, 0.4) is 0 Å². The summed E-state index contributed by atoms with van der Waals surface area (Å²) < 4.78 is 15.6. The van der Waals surface area contributed by atoms with Crippen LogP contribution in [-0.4, -0.2) is 37.6 Å². The van der Waals surface area contributed by atoms with Crippen molar-refractivity contribution in [3.63, 3.8) is 0 Å². The van der Waals surface area contributed by atoms with Crippen molar-refractivity contribution in [2.24, 2.45) is 5.92 Å². The lowest BCUT2D eigenvalue weighted by atomic mass is 9.99.